The third-order valence-corrected chi connectivity index (χ3v) is 6.47. The predicted octanol–water partition coefficient (Wildman–Crippen LogP) is 5.49. The summed E-state index contributed by atoms with van der Waals surface area (Å²) < 4.78 is 0. The van der Waals surface area contributed by atoms with Gasteiger partial charge in [-0.05, 0) is 61.9 Å². The number of amides is 3. The van der Waals surface area contributed by atoms with Crippen LogP contribution in [0.1, 0.15) is 78.7 Å². The van der Waals surface area contributed by atoms with E-state index in [1.54, 1.807) is 30.3 Å². The lowest BCUT2D eigenvalue weighted by molar-refractivity contribution is -0.118. The Labute approximate surface area is 206 Å². The Morgan fingerprint density at radius 1 is 0.971 bits per heavy atom. The summed E-state index contributed by atoms with van der Waals surface area (Å²) in [6.07, 6.45) is 5.84. The van der Waals surface area contributed by atoms with Crippen molar-refractivity contribution < 1.29 is 14.4 Å². The second-order valence-corrected chi connectivity index (χ2v) is 9.87. The van der Waals surface area contributed by atoms with Crippen LogP contribution >= 0.6 is 11.6 Å². The van der Waals surface area contributed by atoms with Crippen LogP contribution < -0.4 is 16.0 Å². The Balaban J connectivity index is 1.71. The summed E-state index contributed by atoms with van der Waals surface area (Å²) in [7, 11) is 0. The number of carbonyl (C=O) groups is 3. The summed E-state index contributed by atoms with van der Waals surface area (Å²) in [6, 6.07) is 11.6. The quantitative estimate of drug-likeness (QED) is 0.463. The van der Waals surface area contributed by atoms with E-state index in [4.69, 9.17) is 11.6 Å². The second kappa shape index (κ2) is 12.0. The summed E-state index contributed by atoms with van der Waals surface area (Å²) in [5, 5.41) is 9.12. The van der Waals surface area contributed by atoms with Gasteiger partial charge in [0.25, 0.3) is 11.8 Å². The largest absolute Gasteiger partial charge is 0.349 e. The van der Waals surface area contributed by atoms with Crippen molar-refractivity contribution in [2.24, 2.45) is 5.92 Å². The summed E-state index contributed by atoms with van der Waals surface area (Å²) in [4.78, 5) is 38.8. The van der Waals surface area contributed by atoms with Gasteiger partial charge < -0.3 is 16.0 Å². The molecule has 1 fully saturated rings. The SMILES string of the molecule is Cc1ccccc1C(=O)NC(CC(C)C)C(=O)Nc1ccc(Cl)c(C(=O)NC2CCCCC2)c1. The standard InChI is InChI=1S/C27H34ClN3O3/c1-17(2)15-24(31-25(32)21-12-8-7-9-18(21)3)27(34)30-20-13-14-23(28)22(16-20)26(33)29-19-10-5-4-6-11-19/h7-9,12-14,16-17,19,24H,4-6,10-11,15H2,1-3H3,(H,29,33)(H,30,34)(H,31,32). The smallest absolute Gasteiger partial charge is 0.253 e. The third kappa shape index (κ3) is 7.07. The van der Waals surface area contributed by atoms with Crippen LogP contribution in [-0.2, 0) is 4.79 Å². The number of rotatable bonds is 8. The molecular weight excluding hydrogens is 450 g/mol. The Bertz CT molecular complexity index is 1030. The number of hydrogen-bond acceptors (Lipinski definition) is 3. The highest BCUT2D eigenvalue weighted by Gasteiger charge is 2.24. The lowest BCUT2D eigenvalue weighted by Gasteiger charge is -2.23. The van der Waals surface area contributed by atoms with Gasteiger partial charge in [-0.25, -0.2) is 0 Å². The first-order chi connectivity index (χ1) is 16.2. The predicted molar refractivity (Wildman–Crippen MR) is 136 cm³/mol. The number of halogens is 1. The van der Waals surface area contributed by atoms with E-state index in [1.165, 1.54) is 6.42 Å². The van der Waals surface area contributed by atoms with Gasteiger partial charge in [-0.15, -0.1) is 0 Å². The molecular formula is C27H34ClN3O3. The molecule has 1 atom stereocenters. The van der Waals surface area contributed by atoms with Crippen molar-refractivity contribution >= 4 is 35.0 Å². The summed E-state index contributed by atoms with van der Waals surface area (Å²) in [6.45, 7) is 5.85. The van der Waals surface area contributed by atoms with Gasteiger partial charge in [0, 0.05) is 17.3 Å². The van der Waals surface area contributed by atoms with Crippen LogP contribution in [0.25, 0.3) is 0 Å². The molecule has 0 saturated heterocycles. The Hall–Kier alpha value is -2.86. The van der Waals surface area contributed by atoms with Gasteiger partial charge in [-0.1, -0.05) is 62.9 Å². The van der Waals surface area contributed by atoms with Crippen molar-refractivity contribution in [1.82, 2.24) is 10.6 Å². The van der Waals surface area contributed by atoms with Crippen LogP contribution in [0.5, 0.6) is 0 Å². The minimum Gasteiger partial charge on any atom is -0.349 e. The zero-order valence-corrected chi connectivity index (χ0v) is 20.9. The highest BCUT2D eigenvalue weighted by Crippen LogP contribution is 2.23. The molecule has 3 amide bonds. The average molecular weight is 484 g/mol. The fraction of sp³-hybridized carbons (Fsp3) is 0.444. The molecule has 1 saturated carbocycles. The molecule has 1 aliphatic rings. The molecule has 0 aliphatic heterocycles. The molecule has 3 rings (SSSR count). The fourth-order valence-electron chi connectivity index (χ4n) is 4.28. The van der Waals surface area contributed by atoms with E-state index in [9.17, 15) is 14.4 Å². The molecule has 2 aromatic carbocycles. The summed E-state index contributed by atoms with van der Waals surface area (Å²) in [5.41, 5.74) is 2.17. The topological polar surface area (TPSA) is 87.3 Å². The zero-order valence-electron chi connectivity index (χ0n) is 20.1. The van der Waals surface area contributed by atoms with Gasteiger partial charge in [0.05, 0.1) is 10.6 Å². The fourth-order valence-corrected chi connectivity index (χ4v) is 4.49. The van der Waals surface area contributed by atoms with Gasteiger partial charge in [0.2, 0.25) is 5.91 Å². The monoisotopic (exact) mass is 483 g/mol. The average Bonchev–Trinajstić information content (AvgIpc) is 2.80. The molecule has 0 aromatic heterocycles. The summed E-state index contributed by atoms with van der Waals surface area (Å²) in [5.74, 6) is -0.672. The van der Waals surface area contributed by atoms with Gasteiger partial charge in [-0.3, -0.25) is 14.4 Å². The van der Waals surface area contributed by atoms with Crippen LogP contribution in [0.4, 0.5) is 5.69 Å². The zero-order chi connectivity index (χ0) is 24.7. The first kappa shape index (κ1) is 25.8. The van der Waals surface area contributed by atoms with Crippen LogP contribution in [0.2, 0.25) is 5.02 Å². The van der Waals surface area contributed by atoms with E-state index in [-0.39, 0.29) is 29.7 Å². The lowest BCUT2D eigenvalue weighted by Crippen LogP contribution is -2.44. The molecule has 0 radical (unpaired) electrons. The molecule has 0 bridgehead atoms. The lowest BCUT2D eigenvalue weighted by atomic mass is 9.95. The van der Waals surface area contributed by atoms with Crippen molar-refractivity contribution in [3.05, 3.63) is 64.2 Å². The van der Waals surface area contributed by atoms with Gasteiger partial charge >= 0.3 is 0 Å². The van der Waals surface area contributed by atoms with E-state index >= 15 is 0 Å². The first-order valence-electron chi connectivity index (χ1n) is 12.0. The Morgan fingerprint density at radius 3 is 2.35 bits per heavy atom. The number of hydrogen-bond donors (Lipinski definition) is 3. The molecule has 182 valence electrons. The highest BCUT2D eigenvalue weighted by atomic mass is 35.5. The molecule has 1 aliphatic carbocycles. The molecule has 1 unspecified atom stereocenters. The van der Waals surface area contributed by atoms with Gasteiger partial charge in [-0.2, -0.15) is 0 Å². The summed E-state index contributed by atoms with van der Waals surface area (Å²) >= 11 is 6.30. The maximum Gasteiger partial charge on any atom is 0.253 e. The van der Waals surface area contributed by atoms with E-state index in [0.29, 0.717) is 28.3 Å². The maximum atomic E-state index is 13.1. The normalized spacial score (nSPS) is 15.0. The maximum absolute atomic E-state index is 13.1. The van der Waals surface area contributed by atoms with Crippen LogP contribution in [-0.4, -0.2) is 29.8 Å². The van der Waals surface area contributed by atoms with Crippen LogP contribution in [0, 0.1) is 12.8 Å². The molecule has 3 N–H and O–H groups in total. The van der Waals surface area contributed by atoms with E-state index in [2.05, 4.69) is 16.0 Å². The van der Waals surface area contributed by atoms with Crippen molar-refractivity contribution in [1.29, 1.82) is 0 Å². The number of nitrogens with one attached hydrogen (secondary N) is 3. The van der Waals surface area contributed by atoms with Crippen molar-refractivity contribution in [3.8, 4) is 0 Å². The third-order valence-electron chi connectivity index (χ3n) is 6.14. The highest BCUT2D eigenvalue weighted by molar-refractivity contribution is 6.34. The first-order valence-corrected chi connectivity index (χ1v) is 12.4. The number of carbonyl (C=O) groups excluding carboxylic acids is 3. The number of anilines is 1. The minimum atomic E-state index is -0.720. The van der Waals surface area contributed by atoms with Gasteiger partial charge in [0.1, 0.15) is 6.04 Å². The second-order valence-electron chi connectivity index (χ2n) is 9.46. The van der Waals surface area contributed by atoms with Crippen LogP contribution in [0.3, 0.4) is 0 Å². The molecule has 6 nitrogen and oxygen atoms in total. The Kier molecular flexibility index (Phi) is 9.11. The van der Waals surface area contributed by atoms with Crippen molar-refractivity contribution in [2.75, 3.05) is 5.32 Å². The number of benzene rings is 2. The minimum absolute atomic E-state index is 0.155. The molecule has 0 heterocycles. The van der Waals surface area contributed by atoms with Crippen molar-refractivity contribution in [2.45, 2.75) is 71.4 Å². The number of aryl methyl sites for hydroxylation is 1. The van der Waals surface area contributed by atoms with Crippen molar-refractivity contribution in [3.63, 3.8) is 0 Å². The molecule has 2 aromatic rings. The molecule has 0 spiro atoms. The van der Waals surface area contributed by atoms with E-state index in [1.807, 2.05) is 32.9 Å². The molecule has 34 heavy (non-hydrogen) atoms. The molecule has 7 heteroatoms. The Morgan fingerprint density at radius 2 is 1.68 bits per heavy atom. The van der Waals surface area contributed by atoms with Crippen LogP contribution in [0.15, 0.2) is 42.5 Å². The van der Waals surface area contributed by atoms with E-state index < -0.39 is 6.04 Å². The van der Waals surface area contributed by atoms with E-state index in [0.717, 1.165) is 31.2 Å². The van der Waals surface area contributed by atoms with Gasteiger partial charge in [0.15, 0.2) is 0 Å².